The van der Waals surface area contributed by atoms with Crippen LogP contribution in [0.3, 0.4) is 0 Å². The van der Waals surface area contributed by atoms with Gasteiger partial charge in [0.15, 0.2) is 0 Å². The van der Waals surface area contributed by atoms with Crippen molar-refractivity contribution in [3.05, 3.63) is 0 Å². The minimum absolute atomic E-state index is 0. The molecule has 54 valence electrons. The topological polar surface area (TPSA) is 104 Å². The number of hydrogen-bond donors (Lipinski definition) is 4. The van der Waals surface area contributed by atoms with Crippen LogP contribution in [0.2, 0.25) is 0 Å². The van der Waals surface area contributed by atoms with Gasteiger partial charge in [-0.1, -0.05) is 0 Å². The molecule has 0 aromatic carbocycles. The molecule has 0 aliphatic rings. The van der Waals surface area contributed by atoms with Crippen LogP contribution in [0, 0.1) is 0 Å². The summed E-state index contributed by atoms with van der Waals surface area (Å²) in [5.41, 5.74) is 19.6. The fourth-order valence-corrected chi connectivity index (χ4v) is 0. The molecule has 0 radical (unpaired) electrons. The Bertz CT molecular complexity index is 20.5. The van der Waals surface area contributed by atoms with Gasteiger partial charge in [0.2, 0.25) is 0 Å². The van der Waals surface area contributed by atoms with Crippen LogP contribution < -0.4 is 22.9 Å². The number of rotatable bonds is 2. The maximum absolute atomic E-state index is 4.90. The molecule has 0 unspecified atom stereocenters. The van der Waals surface area contributed by atoms with Gasteiger partial charge in [0.1, 0.15) is 0 Å². The van der Waals surface area contributed by atoms with Crippen LogP contribution in [0.4, 0.5) is 0 Å². The molecular weight excluding hydrogens is 127 g/mol. The summed E-state index contributed by atoms with van der Waals surface area (Å²) in [6.45, 7) is 2.39. The Hall–Kier alpha value is 0.840. The van der Waals surface area contributed by atoms with E-state index >= 15 is 0 Å². The zero-order valence-electron chi connectivity index (χ0n) is 5.14. The Morgan fingerprint density at radius 1 is 0.556 bits per heavy atom. The van der Waals surface area contributed by atoms with E-state index in [2.05, 4.69) is 0 Å². The Labute approximate surface area is 78.6 Å². The molecule has 0 amide bonds. The van der Waals surface area contributed by atoms with Gasteiger partial charge >= 0.3 is 29.6 Å². The van der Waals surface area contributed by atoms with Gasteiger partial charge in [-0.3, -0.25) is 0 Å². The molecule has 0 bridgehead atoms. The second-order valence-electron chi connectivity index (χ2n) is 1.15. The first-order chi connectivity index (χ1) is 3.83. The standard InChI is InChI=1S/2C2H8N2.Na.H/c2*3-1-2-4;;/h2*1-4H2;;. The average molecular weight is 144 g/mol. The van der Waals surface area contributed by atoms with E-state index in [1.807, 2.05) is 0 Å². The van der Waals surface area contributed by atoms with Gasteiger partial charge in [0, 0.05) is 26.2 Å². The molecule has 4 nitrogen and oxygen atoms in total. The first-order valence-corrected chi connectivity index (χ1v) is 2.63. The van der Waals surface area contributed by atoms with Crippen LogP contribution in [0.25, 0.3) is 0 Å². The second kappa shape index (κ2) is 23.2. The summed E-state index contributed by atoms with van der Waals surface area (Å²) in [5.74, 6) is 0. The van der Waals surface area contributed by atoms with Crippen LogP contribution in [0.1, 0.15) is 0 Å². The van der Waals surface area contributed by atoms with E-state index < -0.39 is 0 Å². The van der Waals surface area contributed by atoms with Crippen LogP contribution in [-0.4, -0.2) is 55.7 Å². The van der Waals surface area contributed by atoms with Crippen molar-refractivity contribution in [2.45, 2.75) is 0 Å². The summed E-state index contributed by atoms with van der Waals surface area (Å²) in [7, 11) is 0. The van der Waals surface area contributed by atoms with Gasteiger partial charge in [-0.25, -0.2) is 0 Å². The van der Waals surface area contributed by atoms with E-state index in [9.17, 15) is 0 Å². The fraction of sp³-hybridized carbons (Fsp3) is 1.00. The summed E-state index contributed by atoms with van der Waals surface area (Å²) < 4.78 is 0. The van der Waals surface area contributed by atoms with Crippen molar-refractivity contribution >= 4 is 29.6 Å². The van der Waals surface area contributed by atoms with Gasteiger partial charge in [-0.05, 0) is 0 Å². The molecule has 0 heterocycles. The summed E-state index contributed by atoms with van der Waals surface area (Å²) in [6, 6.07) is 0. The van der Waals surface area contributed by atoms with E-state index in [0.29, 0.717) is 26.2 Å². The van der Waals surface area contributed by atoms with Crippen LogP contribution in [-0.2, 0) is 0 Å². The van der Waals surface area contributed by atoms with Crippen LogP contribution in [0.5, 0.6) is 0 Å². The second-order valence-corrected chi connectivity index (χ2v) is 1.15. The Kier molecular flexibility index (Phi) is 42.4. The summed E-state index contributed by atoms with van der Waals surface area (Å²) in [6.07, 6.45) is 0. The van der Waals surface area contributed by atoms with Crippen LogP contribution >= 0.6 is 0 Å². The third-order valence-electron chi connectivity index (χ3n) is 0.333. The maximum atomic E-state index is 4.90. The SMILES string of the molecule is NCCN.NCCN.[NaH]. The first kappa shape index (κ1) is 16.4. The van der Waals surface area contributed by atoms with Gasteiger partial charge in [-0.15, -0.1) is 0 Å². The Morgan fingerprint density at radius 3 is 0.667 bits per heavy atom. The van der Waals surface area contributed by atoms with E-state index in [1.54, 1.807) is 0 Å². The molecule has 9 heavy (non-hydrogen) atoms. The normalized spacial score (nSPS) is 6.67. The third kappa shape index (κ3) is 51.3. The predicted octanol–water partition coefficient (Wildman–Crippen LogP) is -2.84. The van der Waals surface area contributed by atoms with Crippen molar-refractivity contribution in [2.24, 2.45) is 22.9 Å². The summed E-state index contributed by atoms with van der Waals surface area (Å²) in [4.78, 5) is 0. The summed E-state index contributed by atoms with van der Waals surface area (Å²) in [5, 5.41) is 0. The van der Waals surface area contributed by atoms with E-state index in [1.165, 1.54) is 0 Å². The van der Waals surface area contributed by atoms with Gasteiger partial charge < -0.3 is 22.9 Å². The van der Waals surface area contributed by atoms with Crippen molar-refractivity contribution in [1.29, 1.82) is 0 Å². The zero-order chi connectivity index (χ0) is 6.83. The zero-order valence-corrected chi connectivity index (χ0v) is 5.14. The molecule has 5 heteroatoms. The van der Waals surface area contributed by atoms with Crippen molar-refractivity contribution < 1.29 is 0 Å². The monoisotopic (exact) mass is 144 g/mol. The molecule has 0 spiro atoms. The Balaban J connectivity index is -0.0000000720. The number of nitrogens with two attached hydrogens (primary N) is 4. The fourth-order valence-electron chi connectivity index (χ4n) is 0. The third-order valence-corrected chi connectivity index (χ3v) is 0.333. The molecule has 0 aliphatic heterocycles. The van der Waals surface area contributed by atoms with Crippen molar-refractivity contribution in [3.63, 3.8) is 0 Å². The van der Waals surface area contributed by atoms with Crippen molar-refractivity contribution in [3.8, 4) is 0 Å². The van der Waals surface area contributed by atoms with E-state index in [4.69, 9.17) is 22.9 Å². The minimum atomic E-state index is 0. The van der Waals surface area contributed by atoms with Crippen molar-refractivity contribution in [1.82, 2.24) is 0 Å². The molecule has 0 fully saturated rings. The molecule has 0 atom stereocenters. The Morgan fingerprint density at radius 2 is 0.667 bits per heavy atom. The molecular formula is C4H17N4Na. The van der Waals surface area contributed by atoms with E-state index in [-0.39, 0.29) is 29.6 Å². The molecule has 8 N–H and O–H groups in total. The summed E-state index contributed by atoms with van der Waals surface area (Å²) >= 11 is 0. The van der Waals surface area contributed by atoms with Crippen molar-refractivity contribution in [2.75, 3.05) is 26.2 Å². The molecule has 0 aromatic heterocycles. The molecule has 0 aliphatic carbocycles. The first-order valence-electron chi connectivity index (χ1n) is 2.63. The van der Waals surface area contributed by atoms with Gasteiger partial charge in [0.05, 0.1) is 0 Å². The van der Waals surface area contributed by atoms with Gasteiger partial charge in [0.25, 0.3) is 0 Å². The molecule has 0 saturated heterocycles. The quantitative estimate of drug-likeness (QED) is 0.313. The molecule has 0 aromatic rings. The molecule has 0 saturated carbocycles. The molecule has 0 rings (SSSR count). The van der Waals surface area contributed by atoms with E-state index in [0.717, 1.165) is 0 Å². The number of hydrogen-bond acceptors (Lipinski definition) is 4. The predicted molar refractivity (Wildman–Crippen MR) is 43.4 cm³/mol. The van der Waals surface area contributed by atoms with Gasteiger partial charge in [-0.2, -0.15) is 0 Å². The average Bonchev–Trinajstić information content (AvgIpc) is 1.88. The van der Waals surface area contributed by atoms with Crippen LogP contribution in [0.15, 0.2) is 0 Å².